The van der Waals surface area contributed by atoms with Crippen LogP contribution in [0.1, 0.15) is 201 Å². The third-order valence-corrected chi connectivity index (χ3v) is 10.8. The third kappa shape index (κ3) is 25.3. The second-order valence-electron chi connectivity index (χ2n) is 14.0. The molecule has 0 amide bonds. The van der Waals surface area contributed by atoms with E-state index in [1.165, 1.54) is 122 Å². The Labute approximate surface area is 294 Å². The summed E-state index contributed by atoms with van der Waals surface area (Å²) in [5.74, 6) is 0.847. The second kappa shape index (κ2) is 30.9. The van der Waals surface area contributed by atoms with Gasteiger partial charge in [0.25, 0.3) is 0 Å². The Kier molecular flexibility index (Phi) is 29.3. The van der Waals surface area contributed by atoms with E-state index in [-0.39, 0.29) is 24.0 Å². The fraction of sp³-hybridized carbons (Fsp3) is 0.949. The molecule has 45 heavy (non-hydrogen) atoms. The number of carbonyl (C=O) groups is 2. The summed E-state index contributed by atoms with van der Waals surface area (Å²) in [4.78, 5) is 25.2. The second-order valence-corrected chi connectivity index (χ2v) is 15.4. The zero-order chi connectivity index (χ0) is 32.8. The highest BCUT2D eigenvalue weighted by molar-refractivity contribution is 14.1. The maximum Gasteiger partial charge on any atom is 0.309 e. The van der Waals surface area contributed by atoms with E-state index in [1.54, 1.807) is 0 Å². The summed E-state index contributed by atoms with van der Waals surface area (Å²) in [6.45, 7) is 9.37. The van der Waals surface area contributed by atoms with E-state index in [0.717, 1.165) is 64.5 Å². The van der Waals surface area contributed by atoms with E-state index in [9.17, 15) is 9.59 Å². The number of hydrogen-bond donors (Lipinski definition) is 0. The SMILES string of the molecule is CCCCCCCCCCC(CCCCCCCCC(=O)OCCC(CCCCC)CCCCC)OC(=O)C1CCN(I)CC1. The van der Waals surface area contributed by atoms with E-state index in [0.29, 0.717) is 18.9 Å². The van der Waals surface area contributed by atoms with E-state index in [1.807, 2.05) is 0 Å². The maximum atomic E-state index is 12.9. The van der Waals surface area contributed by atoms with Crippen molar-refractivity contribution in [1.82, 2.24) is 3.11 Å². The van der Waals surface area contributed by atoms with Gasteiger partial charge in [0.05, 0.1) is 12.5 Å². The summed E-state index contributed by atoms with van der Waals surface area (Å²) in [6, 6.07) is 0. The third-order valence-electron chi connectivity index (χ3n) is 9.81. The van der Waals surface area contributed by atoms with Gasteiger partial charge in [0.15, 0.2) is 0 Å². The molecule has 0 aromatic rings. The highest BCUT2D eigenvalue weighted by atomic mass is 127. The fourth-order valence-corrected chi connectivity index (χ4v) is 7.23. The molecule has 1 rings (SSSR count). The highest BCUT2D eigenvalue weighted by Crippen LogP contribution is 2.24. The number of halogens is 1. The van der Waals surface area contributed by atoms with E-state index >= 15 is 0 Å². The van der Waals surface area contributed by atoms with Crippen LogP contribution in [-0.2, 0) is 19.1 Å². The van der Waals surface area contributed by atoms with Crippen molar-refractivity contribution in [2.24, 2.45) is 11.8 Å². The molecule has 1 saturated heterocycles. The largest absolute Gasteiger partial charge is 0.466 e. The summed E-state index contributed by atoms with van der Waals surface area (Å²) in [5, 5.41) is 0. The van der Waals surface area contributed by atoms with Crippen molar-refractivity contribution < 1.29 is 19.1 Å². The smallest absolute Gasteiger partial charge is 0.309 e. The fourth-order valence-electron chi connectivity index (χ4n) is 6.67. The Morgan fingerprint density at radius 2 is 1.07 bits per heavy atom. The number of nitrogens with zero attached hydrogens (tertiary/aromatic N) is 1. The van der Waals surface area contributed by atoms with Crippen molar-refractivity contribution in [2.45, 2.75) is 207 Å². The van der Waals surface area contributed by atoms with Crippen LogP contribution in [0.2, 0.25) is 0 Å². The van der Waals surface area contributed by atoms with Crippen LogP contribution in [0.4, 0.5) is 0 Å². The Morgan fingerprint density at radius 1 is 0.622 bits per heavy atom. The molecule has 0 N–H and O–H groups in total. The van der Waals surface area contributed by atoms with Crippen LogP contribution in [0, 0.1) is 11.8 Å². The molecule has 0 aromatic carbocycles. The van der Waals surface area contributed by atoms with Crippen molar-refractivity contribution in [3.8, 4) is 0 Å². The van der Waals surface area contributed by atoms with Crippen LogP contribution < -0.4 is 0 Å². The lowest BCUT2D eigenvalue weighted by atomic mass is 9.92. The van der Waals surface area contributed by atoms with Crippen molar-refractivity contribution in [2.75, 3.05) is 19.7 Å². The molecule has 0 radical (unpaired) electrons. The molecule has 0 aromatic heterocycles. The quantitative estimate of drug-likeness (QED) is 0.0306. The predicted octanol–water partition coefficient (Wildman–Crippen LogP) is 12.3. The Bertz CT molecular complexity index is 672. The average molecular weight is 748 g/mol. The monoisotopic (exact) mass is 747 g/mol. The predicted molar refractivity (Wildman–Crippen MR) is 200 cm³/mol. The van der Waals surface area contributed by atoms with Gasteiger partial charge >= 0.3 is 11.9 Å². The van der Waals surface area contributed by atoms with Gasteiger partial charge in [-0.05, 0) is 57.3 Å². The number of rotatable bonds is 31. The first-order valence-corrected chi connectivity index (χ1v) is 20.7. The summed E-state index contributed by atoms with van der Waals surface area (Å²) in [7, 11) is 0. The molecule has 266 valence electrons. The van der Waals surface area contributed by atoms with Crippen LogP contribution in [0.15, 0.2) is 0 Å². The Hall–Kier alpha value is -0.370. The Balaban J connectivity index is 2.21. The number of ether oxygens (including phenoxy) is 2. The van der Waals surface area contributed by atoms with Gasteiger partial charge in [0, 0.05) is 42.4 Å². The molecule has 0 saturated carbocycles. The molecule has 6 heteroatoms. The van der Waals surface area contributed by atoms with Gasteiger partial charge in [-0.25, -0.2) is 3.11 Å². The summed E-state index contributed by atoms with van der Waals surface area (Å²) in [5.41, 5.74) is 0. The number of carbonyl (C=O) groups excluding carboxylic acids is 2. The van der Waals surface area contributed by atoms with Crippen LogP contribution in [0.5, 0.6) is 0 Å². The summed E-state index contributed by atoms with van der Waals surface area (Å²) < 4.78 is 14.0. The van der Waals surface area contributed by atoms with E-state index < -0.39 is 0 Å². The molecule has 5 nitrogen and oxygen atoms in total. The van der Waals surface area contributed by atoms with Gasteiger partial charge in [-0.15, -0.1) is 0 Å². The van der Waals surface area contributed by atoms with E-state index in [4.69, 9.17) is 9.47 Å². The lowest BCUT2D eigenvalue weighted by Gasteiger charge is -2.28. The lowest BCUT2D eigenvalue weighted by Crippen LogP contribution is -2.33. The van der Waals surface area contributed by atoms with Gasteiger partial charge in [-0.3, -0.25) is 9.59 Å². The van der Waals surface area contributed by atoms with Gasteiger partial charge < -0.3 is 9.47 Å². The van der Waals surface area contributed by atoms with Gasteiger partial charge in [0.1, 0.15) is 6.10 Å². The van der Waals surface area contributed by atoms with Gasteiger partial charge in [-0.1, -0.05) is 143 Å². The Morgan fingerprint density at radius 3 is 1.60 bits per heavy atom. The first kappa shape index (κ1) is 42.7. The van der Waals surface area contributed by atoms with Gasteiger partial charge in [0.2, 0.25) is 0 Å². The first-order valence-electron chi connectivity index (χ1n) is 19.8. The topological polar surface area (TPSA) is 55.8 Å². The molecule has 1 unspecified atom stereocenters. The number of esters is 2. The molecule has 1 aliphatic heterocycles. The maximum absolute atomic E-state index is 12.9. The molecule has 0 bridgehead atoms. The van der Waals surface area contributed by atoms with Gasteiger partial charge in [-0.2, -0.15) is 0 Å². The highest BCUT2D eigenvalue weighted by Gasteiger charge is 2.27. The number of unbranched alkanes of at least 4 members (excludes halogenated alkanes) is 16. The molecule has 1 heterocycles. The minimum absolute atomic E-state index is 0.00866. The van der Waals surface area contributed by atoms with Crippen molar-refractivity contribution in [3.05, 3.63) is 0 Å². The minimum Gasteiger partial charge on any atom is -0.466 e. The molecule has 1 atom stereocenters. The average Bonchev–Trinajstić information content (AvgIpc) is 3.03. The zero-order valence-corrected chi connectivity index (χ0v) is 32.3. The van der Waals surface area contributed by atoms with Crippen LogP contribution in [0.3, 0.4) is 0 Å². The normalized spacial score (nSPS) is 15.0. The van der Waals surface area contributed by atoms with Crippen LogP contribution in [-0.4, -0.2) is 40.9 Å². The van der Waals surface area contributed by atoms with Crippen LogP contribution >= 0.6 is 22.9 Å². The first-order chi connectivity index (χ1) is 22.0. The summed E-state index contributed by atoms with van der Waals surface area (Å²) >= 11 is 2.36. The molecule has 0 aliphatic carbocycles. The van der Waals surface area contributed by atoms with Crippen molar-refractivity contribution in [3.63, 3.8) is 0 Å². The number of piperidine rings is 1. The van der Waals surface area contributed by atoms with Crippen molar-refractivity contribution in [1.29, 1.82) is 0 Å². The number of hydrogen-bond acceptors (Lipinski definition) is 5. The standard InChI is InChI=1S/C39H74INO4/c1-4-7-10-11-12-13-16-21-26-37(45-39(43)36-29-32-41(40)33-30-36)27-22-17-14-15-18-23-28-38(42)44-34-31-35(24-19-8-5-2)25-20-9-6-3/h35-37H,4-34H2,1-3H3. The van der Waals surface area contributed by atoms with Crippen LogP contribution in [0.25, 0.3) is 0 Å². The molecular formula is C39H74INO4. The molecule has 1 aliphatic rings. The van der Waals surface area contributed by atoms with Crippen molar-refractivity contribution >= 4 is 34.8 Å². The molecular weight excluding hydrogens is 673 g/mol. The minimum atomic E-state index is -0.00866. The molecule has 0 spiro atoms. The molecule has 1 fully saturated rings. The van der Waals surface area contributed by atoms with E-state index in [2.05, 4.69) is 46.7 Å². The lowest BCUT2D eigenvalue weighted by molar-refractivity contribution is -0.156. The summed E-state index contributed by atoms with van der Waals surface area (Å²) in [6.07, 6.45) is 33.1. The zero-order valence-electron chi connectivity index (χ0n) is 30.1.